The lowest BCUT2D eigenvalue weighted by Gasteiger charge is -2.31. The molecule has 1 aliphatic heterocycles. The molecule has 1 aromatic carbocycles. The molecule has 1 N–H and O–H groups in total. The number of aromatic nitrogens is 3. The number of nitrogens with one attached hydrogen (secondary N) is 1. The number of aryl methyl sites for hydroxylation is 1. The van der Waals surface area contributed by atoms with Crippen LogP contribution in [0.25, 0.3) is 0 Å². The summed E-state index contributed by atoms with van der Waals surface area (Å²) in [6, 6.07) is 10.1. The smallest absolute Gasteiger partial charge is 0.140 e. The van der Waals surface area contributed by atoms with Gasteiger partial charge in [0.1, 0.15) is 23.5 Å². The van der Waals surface area contributed by atoms with Crippen molar-refractivity contribution < 1.29 is 9.47 Å². The summed E-state index contributed by atoms with van der Waals surface area (Å²) in [4.78, 5) is 4.70. The number of hydrogen-bond acceptors (Lipinski definition) is 6. The summed E-state index contributed by atoms with van der Waals surface area (Å²) < 4.78 is 13.8. The van der Waals surface area contributed by atoms with E-state index < -0.39 is 0 Å². The predicted molar refractivity (Wildman–Crippen MR) is 109 cm³/mol. The fraction of sp³-hybridized carbons (Fsp3) is 0.429. The highest BCUT2D eigenvalue weighted by molar-refractivity contribution is 7.09. The van der Waals surface area contributed by atoms with E-state index in [1.807, 2.05) is 41.2 Å². The molecule has 0 radical (unpaired) electrons. The molecule has 0 unspecified atom stereocenters. The van der Waals surface area contributed by atoms with Gasteiger partial charge in [0, 0.05) is 42.9 Å². The number of hydrogen-bond donors (Lipinski definition) is 1. The molecule has 1 aliphatic rings. The zero-order valence-electron chi connectivity index (χ0n) is 16.1. The highest BCUT2D eigenvalue weighted by Crippen LogP contribution is 2.28. The summed E-state index contributed by atoms with van der Waals surface area (Å²) in [6.07, 6.45) is 6.23. The van der Waals surface area contributed by atoms with Gasteiger partial charge in [-0.1, -0.05) is 18.2 Å². The molecule has 1 fully saturated rings. The summed E-state index contributed by atoms with van der Waals surface area (Å²) >= 11 is 1.64. The third-order valence-corrected chi connectivity index (χ3v) is 5.75. The summed E-state index contributed by atoms with van der Waals surface area (Å²) in [5.41, 5.74) is 2.19. The van der Waals surface area contributed by atoms with Crippen LogP contribution in [0.4, 0.5) is 0 Å². The molecular formula is C21H26N4O2S. The maximum absolute atomic E-state index is 6.06. The molecule has 2 aromatic heterocycles. The topological polar surface area (TPSA) is 61.2 Å². The molecule has 2 atom stereocenters. The van der Waals surface area contributed by atoms with Crippen LogP contribution in [0.5, 0.6) is 5.75 Å². The van der Waals surface area contributed by atoms with E-state index in [-0.39, 0.29) is 12.1 Å². The average Bonchev–Trinajstić information content (AvgIpc) is 3.41. The van der Waals surface area contributed by atoms with Crippen molar-refractivity contribution in [1.29, 1.82) is 0 Å². The van der Waals surface area contributed by atoms with E-state index in [4.69, 9.17) is 14.5 Å². The van der Waals surface area contributed by atoms with E-state index in [1.165, 1.54) is 0 Å². The Balaban J connectivity index is 1.32. The van der Waals surface area contributed by atoms with Gasteiger partial charge >= 0.3 is 0 Å². The zero-order chi connectivity index (χ0) is 19.2. The third-order valence-electron chi connectivity index (χ3n) is 4.88. The Bertz CT molecular complexity index is 864. The number of benzene rings is 1. The van der Waals surface area contributed by atoms with Crippen LogP contribution in [-0.2, 0) is 24.4 Å². The molecule has 6 nitrogen and oxygen atoms in total. The summed E-state index contributed by atoms with van der Waals surface area (Å²) in [5, 5.41) is 11.1. The highest BCUT2D eigenvalue weighted by atomic mass is 32.1. The Kier molecular flexibility index (Phi) is 6.36. The molecular weight excluding hydrogens is 372 g/mol. The molecule has 3 heterocycles. The second kappa shape index (κ2) is 9.32. The maximum atomic E-state index is 6.06. The molecule has 0 saturated carbocycles. The quantitative estimate of drug-likeness (QED) is 0.623. The molecule has 3 aromatic rings. The molecule has 4 rings (SSSR count). The van der Waals surface area contributed by atoms with Crippen molar-refractivity contribution in [3.8, 4) is 5.75 Å². The van der Waals surface area contributed by atoms with Gasteiger partial charge in [0.25, 0.3) is 0 Å². The molecule has 0 amide bonds. The van der Waals surface area contributed by atoms with E-state index in [1.54, 1.807) is 11.3 Å². The van der Waals surface area contributed by atoms with E-state index in [9.17, 15) is 0 Å². The molecule has 7 heteroatoms. The van der Waals surface area contributed by atoms with Crippen LogP contribution in [0.15, 0.2) is 48.1 Å². The maximum Gasteiger partial charge on any atom is 0.140 e. The van der Waals surface area contributed by atoms with Crippen LogP contribution in [0.1, 0.15) is 42.1 Å². The van der Waals surface area contributed by atoms with Gasteiger partial charge in [0.05, 0.1) is 11.9 Å². The van der Waals surface area contributed by atoms with Gasteiger partial charge in [0.2, 0.25) is 0 Å². The number of thiazole rings is 1. The first-order chi connectivity index (χ1) is 13.8. The van der Waals surface area contributed by atoms with E-state index in [0.717, 1.165) is 54.6 Å². The van der Waals surface area contributed by atoms with Gasteiger partial charge in [-0.2, -0.15) is 5.10 Å². The predicted octanol–water partition coefficient (Wildman–Crippen LogP) is 3.95. The van der Waals surface area contributed by atoms with Crippen LogP contribution in [0.2, 0.25) is 0 Å². The number of para-hydroxylation sites is 1. The van der Waals surface area contributed by atoms with E-state index >= 15 is 0 Å². The first-order valence-electron chi connectivity index (χ1n) is 9.80. The van der Waals surface area contributed by atoms with E-state index in [2.05, 4.69) is 28.9 Å². The van der Waals surface area contributed by atoms with Gasteiger partial charge in [0.15, 0.2) is 0 Å². The Labute approximate surface area is 169 Å². The fourth-order valence-electron chi connectivity index (χ4n) is 3.41. The van der Waals surface area contributed by atoms with Gasteiger partial charge in [-0.3, -0.25) is 4.68 Å². The van der Waals surface area contributed by atoms with Crippen molar-refractivity contribution in [3.63, 3.8) is 0 Å². The van der Waals surface area contributed by atoms with E-state index in [0.29, 0.717) is 6.61 Å². The van der Waals surface area contributed by atoms with Gasteiger partial charge in [-0.05, 0) is 31.9 Å². The lowest BCUT2D eigenvalue weighted by atomic mass is 9.98. The molecule has 0 aliphatic carbocycles. The lowest BCUT2D eigenvalue weighted by molar-refractivity contribution is -0.0113. The fourth-order valence-corrected chi connectivity index (χ4v) is 4.12. The second-order valence-electron chi connectivity index (χ2n) is 6.88. The minimum Gasteiger partial charge on any atom is -0.486 e. The molecule has 0 bridgehead atoms. The summed E-state index contributed by atoms with van der Waals surface area (Å²) in [7, 11) is 0. The second-order valence-corrected chi connectivity index (χ2v) is 7.83. The Hall–Kier alpha value is -2.22. The molecule has 0 spiro atoms. The first-order valence-corrected chi connectivity index (χ1v) is 10.7. The standard InChI is InChI=1S/C21H26N4O2S/c1-2-25-13-16(11-23-25)21-19(9-6-10-26-21)22-12-17-15-28-20(24-17)14-27-18-7-4-3-5-8-18/h3-5,7-8,11,13,15,19,21-22H,2,6,9-10,12,14H2,1H3/t19-,21+/m0/s1. The van der Waals surface area contributed by atoms with Crippen LogP contribution < -0.4 is 10.1 Å². The van der Waals surface area contributed by atoms with Gasteiger partial charge in [-0.25, -0.2) is 4.98 Å². The number of nitrogens with zero attached hydrogens (tertiary/aromatic N) is 3. The van der Waals surface area contributed by atoms with Crippen molar-refractivity contribution in [2.45, 2.75) is 51.6 Å². The third kappa shape index (κ3) is 4.79. The van der Waals surface area contributed by atoms with Crippen LogP contribution >= 0.6 is 11.3 Å². The normalized spacial score (nSPS) is 19.6. The SMILES string of the molecule is CCn1cc([C@H]2OCCC[C@@H]2NCc2csc(COc3ccccc3)n2)cn1. The summed E-state index contributed by atoms with van der Waals surface area (Å²) in [6.45, 7) is 5.00. The van der Waals surface area contributed by atoms with Crippen LogP contribution in [0.3, 0.4) is 0 Å². The number of ether oxygens (including phenoxy) is 2. The van der Waals surface area contributed by atoms with Crippen LogP contribution in [0, 0.1) is 0 Å². The Morgan fingerprint density at radius 2 is 2.21 bits per heavy atom. The van der Waals surface area contributed by atoms with Crippen molar-refractivity contribution >= 4 is 11.3 Å². The minimum atomic E-state index is 0.0496. The van der Waals surface area contributed by atoms with Crippen molar-refractivity contribution in [2.24, 2.45) is 0 Å². The number of rotatable bonds is 8. The van der Waals surface area contributed by atoms with Crippen molar-refractivity contribution in [1.82, 2.24) is 20.1 Å². The monoisotopic (exact) mass is 398 g/mol. The Morgan fingerprint density at radius 1 is 1.32 bits per heavy atom. The molecule has 1 saturated heterocycles. The Morgan fingerprint density at radius 3 is 3.04 bits per heavy atom. The van der Waals surface area contributed by atoms with Crippen molar-refractivity contribution in [3.05, 3.63) is 64.4 Å². The minimum absolute atomic E-state index is 0.0496. The van der Waals surface area contributed by atoms with Gasteiger partial charge in [-0.15, -0.1) is 11.3 Å². The summed E-state index contributed by atoms with van der Waals surface area (Å²) in [5.74, 6) is 0.868. The molecule has 148 valence electrons. The van der Waals surface area contributed by atoms with Crippen molar-refractivity contribution in [2.75, 3.05) is 6.61 Å². The average molecular weight is 399 g/mol. The first kappa shape index (κ1) is 19.1. The highest BCUT2D eigenvalue weighted by Gasteiger charge is 2.28. The van der Waals surface area contributed by atoms with Crippen LogP contribution in [-0.4, -0.2) is 27.4 Å². The zero-order valence-corrected chi connectivity index (χ0v) is 16.9. The largest absolute Gasteiger partial charge is 0.486 e. The molecule has 28 heavy (non-hydrogen) atoms. The van der Waals surface area contributed by atoms with Gasteiger partial charge < -0.3 is 14.8 Å². The lowest BCUT2D eigenvalue weighted by Crippen LogP contribution is -2.39.